The fourth-order valence-electron chi connectivity index (χ4n) is 1.00. The summed E-state index contributed by atoms with van der Waals surface area (Å²) in [5, 5.41) is 0. The van der Waals surface area contributed by atoms with Crippen LogP contribution in [0.15, 0.2) is 15.7 Å². The lowest BCUT2D eigenvalue weighted by Crippen LogP contribution is -2.05. The maximum atomic E-state index is 11.1. The molecule has 1 aromatic heterocycles. The van der Waals surface area contributed by atoms with Crippen LogP contribution in [0.25, 0.3) is 0 Å². The van der Waals surface area contributed by atoms with E-state index in [1.165, 1.54) is 14.2 Å². The highest BCUT2D eigenvalue weighted by atomic mass is 79.9. The Kier molecular flexibility index (Phi) is 3.53. The number of aromatic nitrogens is 1. The largest absolute Gasteiger partial charge is 0.494 e. The van der Waals surface area contributed by atoms with Crippen LogP contribution in [0.3, 0.4) is 0 Å². The van der Waals surface area contributed by atoms with Gasteiger partial charge in [0.1, 0.15) is 4.60 Å². The van der Waals surface area contributed by atoms with E-state index in [2.05, 4.69) is 20.9 Å². The zero-order valence-corrected chi connectivity index (χ0v) is 10.3. The molecule has 84 valence electrons. The molecule has 0 aliphatic carbocycles. The summed E-state index contributed by atoms with van der Waals surface area (Å²) in [6.45, 7) is 0. The molecular weight excluding hydrogens is 290 g/mol. The quantitative estimate of drug-likeness (QED) is 0.664. The molecule has 0 bridgehead atoms. The molecule has 0 saturated carbocycles. The molecule has 8 heteroatoms. The number of hydrogen-bond donors (Lipinski definition) is 1. The summed E-state index contributed by atoms with van der Waals surface area (Å²) in [6, 6.07) is 0. The topological polar surface area (TPSA) is 85.7 Å². The molecule has 0 saturated heterocycles. The summed E-state index contributed by atoms with van der Waals surface area (Å²) in [4.78, 5) is 3.34. The highest BCUT2D eigenvalue weighted by Crippen LogP contribution is 2.36. The van der Waals surface area contributed by atoms with Crippen molar-refractivity contribution in [2.75, 3.05) is 14.2 Å². The third-order valence-corrected chi connectivity index (χ3v) is 3.06. The summed E-state index contributed by atoms with van der Waals surface area (Å²) in [5.74, 6) is -0.186. The van der Waals surface area contributed by atoms with E-state index in [0.717, 1.165) is 6.20 Å². The highest BCUT2D eigenvalue weighted by Gasteiger charge is 2.25. The molecule has 1 heterocycles. The first-order valence-electron chi connectivity index (χ1n) is 3.65. The van der Waals surface area contributed by atoms with Crippen molar-refractivity contribution in [1.29, 1.82) is 0 Å². The lowest BCUT2D eigenvalue weighted by molar-refractivity contribution is 0.362. The maximum Gasteiger partial charge on any atom is 0.302 e. The van der Waals surface area contributed by atoms with E-state index in [4.69, 9.17) is 14.0 Å². The van der Waals surface area contributed by atoms with Crippen molar-refractivity contribution in [3.05, 3.63) is 10.8 Å². The monoisotopic (exact) mass is 297 g/mol. The van der Waals surface area contributed by atoms with Gasteiger partial charge in [-0.25, -0.2) is 4.98 Å². The molecule has 0 amide bonds. The molecule has 0 aromatic carbocycles. The zero-order chi connectivity index (χ0) is 11.6. The van der Waals surface area contributed by atoms with Gasteiger partial charge >= 0.3 is 10.1 Å². The number of halogens is 1. The Bertz CT molecular complexity index is 473. The predicted octanol–water partition coefficient (Wildman–Crippen LogP) is 1.11. The second-order valence-electron chi connectivity index (χ2n) is 2.45. The number of nitrogens with zero attached hydrogens (tertiary/aromatic N) is 1. The first kappa shape index (κ1) is 12.2. The van der Waals surface area contributed by atoms with Crippen LogP contribution in [-0.4, -0.2) is 32.2 Å². The molecular formula is C7H8BrNO5S. The van der Waals surface area contributed by atoms with Gasteiger partial charge in [-0.3, -0.25) is 4.55 Å². The average molecular weight is 298 g/mol. The molecule has 6 nitrogen and oxygen atoms in total. The van der Waals surface area contributed by atoms with Crippen LogP contribution in [0.5, 0.6) is 11.5 Å². The molecule has 0 atom stereocenters. The van der Waals surface area contributed by atoms with Crippen LogP contribution in [0.4, 0.5) is 0 Å². The normalized spacial score (nSPS) is 11.2. The van der Waals surface area contributed by atoms with Crippen LogP contribution in [0, 0.1) is 0 Å². The van der Waals surface area contributed by atoms with E-state index in [1.54, 1.807) is 0 Å². The number of hydrogen-bond acceptors (Lipinski definition) is 5. The third kappa shape index (κ3) is 2.39. The van der Waals surface area contributed by atoms with Gasteiger partial charge in [-0.15, -0.1) is 0 Å². The lowest BCUT2D eigenvalue weighted by atomic mass is 10.4. The Balaban J connectivity index is 3.63. The Morgan fingerprint density at radius 3 is 2.40 bits per heavy atom. The highest BCUT2D eigenvalue weighted by molar-refractivity contribution is 9.10. The summed E-state index contributed by atoms with van der Waals surface area (Å²) < 4.78 is 40.9. The van der Waals surface area contributed by atoms with Gasteiger partial charge in [-0.2, -0.15) is 8.42 Å². The van der Waals surface area contributed by atoms with Crippen molar-refractivity contribution in [3.8, 4) is 11.5 Å². The molecule has 0 unspecified atom stereocenters. The number of rotatable bonds is 3. The molecule has 0 aliphatic rings. The second-order valence-corrected chi connectivity index (χ2v) is 4.56. The first-order valence-corrected chi connectivity index (χ1v) is 5.89. The number of ether oxygens (including phenoxy) is 2. The van der Waals surface area contributed by atoms with E-state index in [9.17, 15) is 8.42 Å². The van der Waals surface area contributed by atoms with Gasteiger partial charge < -0.3 is 9.47 Å². The Morgan fingerprint density at radius 2 is 2.00 bits per heavy atom. The average Bonchev–Trinajstić information content (AvgIpc) is 2.15. The number of pyridine rings is 1. The number of methoxy groups -OCH3 is 2. The molecule has 0 spiro atoms. The standard InChI is InChI=1S/C7H8BrNO5S/c1-13-4-3-9-7(8)5(14-2)6(4)15(10,11)12/h3H,1-2H3,(H,10,11,12). The van der Waals surface area contributed by atoms with Gasteiger partial charge in [0.2, 0.25) is 0 Å². The molecule has 0 aliphatic heterocycles. The molecule has 0 fully saturated rings. The minimum atomic E-state index is -4.43. The maximum absolute atomic E-state index is 11.1. The zero-order valence-electron chi connectivity index (χ0n) is 7.89. The van der Waals surface area contributed by atoms with Crippen molar-refractivity contribution >= 4 is 26.0 Å². The van der Waals surface area contributed by atoms with E-state index >= 15 is 0 Å². The summed E-state index contributed by atoms with van der Waals surface area (Å²) in [5.41, 5.74) is 0. The summed E-state index contributed by atoms with van der Waals surface area (Å²) in [7, 11) is -1.91. The summed E-state index contributed by atoms with van der Waals surface area (Å²) >= 11 is 3.00. The van der Waals surface area contributed by atoms with Crippen LogP contribution in [0.2, 0.25) is 0 Å². The fourth-order valence-corrected chi connectivity index (χ4v) is 2.40. The Morgan fingerprint density at radius 1 is 1.40 bits per heavy atom. The second kappa shape index (κ2) is 4.33. The van der Waals surface area contributed by atoms with Crippen molar-refractivity contribution in [3.63, 3.8) is 0 Å². The van der Waals surface area contributed by atoms with Gasteiger partial charge in [-0.1, -0.05) is 0 Å². The minimum absolute atomic E-state index is 0.0856. The van der Waals surface area contributed by atoms with Crippen molar-refractivity contribution in [1.82, 2.24) is 4.98 Å². The van der Waals surface area contributed by atoms with Gasteiger partial charge in [0.15, 0.2) is 16.4 Å². The van der Waals surface area contributed by atoms with E-state index in [0.29, 0.717) is 0 Å². The Hall–Kier alpha value is -0.860. The molecule has 15 heavy (non-hydrogen) atoms. The van der Waals surface area contributed by atoms with Gasteiger partial charge in [0, 0.05) is 0 Å². The lowest BCUT2D eigenvalue weighted by Gasteiger charge is -2.10. The van der Waals surface area contributed by atoms with Gasteiger partial charge in [0.05, 0.1) is 20.4 Å². The minimum Gasteiger partial charge on any atom is -0.494 e. The van der Waals surface area contributed by atoms with Crippen molar-refractivity contribution < 1.29 is 22.4 Å². The van der Waals surface area contributed by atoms with Crippen LogP contribution in [0.1, 0.15) is 0 Å². The Labute approximate surface area is 95.1 Å². The van der Waals surface area contributed by atoms with E-state index < -0.39 is 15.0 Å². The molecule has 1 N–H and O–H groups in total. The van der Waals surface area contributed by atoms with E-state index in [-0.39, 0.29) is 16.1 Å². The van der Waals surface area contributed by atoms with Crippen LogP contribution < -0.4 is 9.47 Å². The molecule has 1 aromatic rings. The smallest absolute Gasteiger partial charge is 0.302 e. The van der Waals surface area contributed by atoms with E-state index in [1.807, 2.05) is 0 Å². The fraction of sp³-hybridized carbons (Fsp3) is 0.286. The SMILES string of the molecule is COc1cnc(Br)c(OC)c1S(=O)(=O)O. The van der Waals surface area contributed by atoms with Gasteiger partial charge in [-0.05, 0) is 15.9 Å². The van der Waals surface area contributed by atoms with Crippen LogP contribution in [-0.2, 0) is 10.1 Å². The molecule has 1 rings (SSSR count). The van der Waals surface area contributed by atoms with Gasteiger partial charge in [0.25, 0.3) is 0 Å². The van der Waals surface area contributed by atoms with Crippen LogP contribution >= 0.6 is 15.9 Å². The van der Waals surface area contributed by atoms with Crippen molar-refractivity contribution in [2.45, 2.75) is 4.90 Å². The molecule has 0 radical (unpaired) electrons. The first-order chi connectivity index (χ1) is 6.91. The predicted molar refractivity (Wildman–Crippen MR) is 54.9 cm³/mol. The van der Waals surface area contributed by atoms with Crippen molar-refractivity contribution in [2.24, 2.45) is 0 Å². The summed E-state index contributed by atoms with van der Waals surface area (Å²) in [6.07, 6.45) is 1.16. The third-order valence-electron chi connectivity index (χ3n) is 1.59.